The predicted molar refractivity (Wildman–Crippen MR) is 81.2 cm³/mol. The largest absolute Gasteiger partial charge is 0.456 e. The number of halogens is 1. The van der Waals surface area contributed by atoms with Gasteiger partial charge >= 0.3 is 0 Å². The Bertz CT molecular complexity index is 635. The number of rotatable bonds is 3. The van der Waals surface area contributed by atoms with Crippen LogP contribution in [0.5, 0.6) is 0 Å². The van der Waals surface area contributed by atoms with E-state index in [2.05, 4.69) is 33.4 Å². The van der Waals surface area contributed by atoms with Crippen molar-refractivity contribution in [3.05, 3.63) is 59.0 Å². The second-order valence-electron chi connectivity index (χ2n) is 4.99. The normalized spacial score (nSPS) is 20.7. The van der Waals surface area contributed by atoms with Crippen LogP contribution < -0.4 is 5.32 Å². The number of benzene rings is 1. The van der Waals surface area contributed by atoms with E-state index in [9.17, 15) is 4.79 Å². The van der Waals surface area contributed by atoms with Crippen LogP contribution >= 0.6 is 15.9 Å². The van der Waals surface area contributed by atoms with Crippen LogP contribution in [0.15, 0.2) is 40.8 Å². The molecule has 1 amide bonds. The molecule has 2 aromatic rings. The highest BCUT2D eigenvalue weighted by Gasteiger charge is 2.32. The second-order valence-corrected chi connectivity index (χ2v) is 6.17. The molecule has 1 aliphatic rings. The summed E-state index contributed by atoms with van der Waals surface area (Å²) in [5.41, 5.74) is 2.47. The lowest BCUT2D eigenvalue weighted by molar-refractivity contribution is 0.0908. The summed E-state index contributed by atoms with van der Waals surface area (Å²) in [7, 11) is 0. The van der Waals surface area contributed by atoms with Gasteiger partial charge in [0.2, 0.25) is 0 Å². The molecule has 1 heterocycles. The Kier molecular flexibility index (Phi) is 3.66. The maximum Gasteiger partial charge on any atom is 0.287 e. The number of hydrogen-bond donors (Lipinski definition) is 1. The van der Waals surface area contributed by atoms with Crippen molar-refractivity contribution in [3.8, 4) is 0 Å². The fraction of sp³-hybridized carbons (Fsp3) is 0.312. The van der Waals surface area contributed by atoms with Gasteiger partial charge < -0.3 is 9.73 Å². The van der Waals surface area contributed by atoms with E-state index in [1.54, 1.807) is 6.07 Å². The molecule has 2 unspecified atom stereocenters. The SMILES string of the molecule is CCc1ccc(C(=O)NC2c3ccccc3CC2Br)o1. The van der Waals surface area contributed by atoms with Crippen LogP contribution in [0, 0.1) is 0 Å². The summed E-state index contributed by atoms with van der Waals surface area (Å²) in [5.74, 6) is 1.05. The maximum atomic E-state index is 12.3. The van der Waals surface area contributed by atoms with Crippen molar-refractivity contribution in [3.63, 3.8) is 0 Å². The van der Waals surface area contributed by atoms with Crippen molar-refractivity contribution >= 4 is 21.8 Å². The third-order valence-corrected chi connectivity index (χ3v) is 4.54. The third-order valence-electron chi connectivity index (χ3n) is 3.69. The van der Waals surface area contributed by atoms with Gasteiger partial charge in [0, 0.05) is 11.2 Å². The second kappa shape index (κ2) is 5.44. The first-order valence-corrected chi connectivity index (χ1v) is 7.72. The number of aryl methyl sites for hydroxylation is 1. The number of alkyl halides is 1. The number of fused-ring (bicyclic) bond motifs is 1. The molecule has 0 saturated heterocycles. The molecule has 1 aromatic carbocycles. The fourth-order valence-corrected chi connectivity index (χ4v) is 3.38. The summed E-state index contributed by atoms with van der Waals surface area (Å²) < 4.78 is 5.50. The van der Waals surface area contributed by atoms with Crippen molar-refractivity contribution < 1.29 is 9.21 Å². The van der Waals surface area contributed by atoms with Crippen LogP contribution in [-0.4, -0.2) is 10.7 Å². The summed E-state index contributed by atoms with van der Waals surface area (Å²) in [4.78, 5) is 12.5. The third kappa shape index (κ3) is 2.40. The fourth-order valence-electron chi connectivity index (χ4n) is 2.62. The number of furan rings is 1. The first-order chi connectivity index (χ1) is 9.69. The Morgan fingerprint density at radius 1 is 1.35 bits per heavy atom. The monoisotopic (exact) mass is 333 g/mol. The Labute approximate surface area is 126 Å². The molecule has 2 atom stereocenters. The first-order valence-electron chi connectivity index (χ1n) is 6.80. The van der Waals surface area contributed by atoms with Gasteiger partial charge in [-0.15, -0.1) is 0 Å². The van der Waals surface area contributed by atoms with Crippen LogP contribution in [0.2, 0.25) is 0 Å². The van der Waals surface area contributed by atoms with Gasteiger partial charge in [-0.1, -0.05) is 47.1 Å². The Morgan fingerprint density at radius 3 is 2.90 bits per heavy atom. The molecule has 0 fully saturated rings. The smallest absolute Gasteiger partial charge is 0.287 e. The molecule has 3 rings (SSSR count). The van der Waals surface area contributed by atoms with Crippen molar-refractivity contribution in [2.75, 3.05) is 0 Å². The highest BCUT2D eigenvalue weighted by atomic mass is 79.9. The topological polar surface area (TPSA) is 42.2 Å². The summed E-state index contributed by atoms with van der Waals surface area (Å²) in [6, 6.07) is 11.8. The summed E-state index contributed by atoms with van der Waals surface area (Å²) >= 11 is 3.66. The van der Waals surface area contributed by atoms with Gasteiger partial charge in [-0.25, -0.2) is 0 Å². The van der Waals surface area contributed by atoms with E-state index in [4.69, 9.17) is 4.42 Å². The molecule has 1 aliphatic carbocycles. The van der Waals surface area contributed by atoms with E-state index < -0.39 is 0 Å². The first kappa shape index (κ1) is 13.4. The summed E-state index contributed by atoms with van der Waals surface area (Å²) in [5, 5.41) is 3.06. The molecule has 0 saturated carbocycles. The zero-order chi connectivity index (χ0) is 14.1. The van der Waals surface area contributed by atoms with Gasteiger partial charge in [0.15, 0.2) is 5.76 Å². The standard InChI is InChI=1S/C16H16BrNO2/c1-2-11-7-8-14(20-11)16(19)18-15-12-6-4-3-5-10(12)9-13(15)17/h3-8,13,15H,2,9H2,1H3,(H,18,19). The van der Waals surface area contributed by atoms with Crippen LogP contribution in [-0.2, 0) is 12.8 Å². The van der Waals surface area contributed by atoms with Crippen LogP contribution in [0.4, 0.5) is 0 Å². The average molecular weight is 334 g/mol. The summed E-state index contributed by atoms with van der Waals surface area (Å²) in [6.07, 6.45) is 1.72. The lowest BCUT2D eigenvalue weighted by Gasteiger charge is -2.16. The van der Waals surface area contributed by atoms with Crippen molar-refractivity contribution in [1.82, 2.24) is 5.32 Å². The molecular formula is C16H16BrNO2. The maximum absolute atomic E-state index is 12.3. The number of carbonyl (C=O) groups excluding carboxylic acids is 1. The quantitative estimate of drug-likeness (QED) is 0.871. The van der Waals surface area contributed by atoms with E-state index >= 15 is 0 Å². The molecule has 0 aliphatic heterocycles. The lowest BCUT2D eigenvalue weighted by Crippen LogP contribution is -2.31. The highest BCUT2D eigenvalue weighted by molar-refractivity contribution is 9.09. The molecular weight excluding hydrogens is 318 g/mol. The zero-order valence-electron chi connectivity index (χ0n) is 11.2. The molecule has 1 aromatic heterocycles. The number of hydrogen-bond acceptors (Lipinski definition) is 2. The lowest BCUT2D eigenvalue weighted by atomic mass is 10.1. The molecule has 0 bridgehead atoms. The Balaban J connectivity index is 1.79. The van der Waals surface area contributed by atoms with E-state index in [-0.39, 0.29) is 16.8 Å². The van der Waals surface area contributed by atoms with Crippen LogP contribution in [0.3, 0.4) is 0 Å². The van der Waals surface area contributed by atoms with Crippen LogP contribution in [0.1, 0.15) is 40.4 Å². The molecule has 1 N–H and O–H groups in total. The minimum Gasteiger partial charge on any atom is -0.456 e. The van der Waals surface area contributed by atoms with Gasteiger partial charge in [0.25, 0.3) is 5.91 Å². The van der Waals surface area contributed by atoms with Crippen molar-refractivity contribution in [2.24, 2.45) is 0 Å². The van der Waals surface area contributed by atoms with E-state index in [1.807, 2.05) is 25.1 Å². The number of nitrogens with one attached hydrogen (secondary N) is 1. The summed E-state index contributed by atoms with van der Waals surface area (Å²) in [6.45, 7) is 2.00. The molecule has 0 radical (unpaired) electrons. The van der Waals surface area contributed by atoms with Gasteiger partial charge in [-0.2, -0.15) is 0 Å². The van der Waals surface area contributed by atoms with Gasteiger partial charge in [0.1, 0.15) is 5.76 Å². The Hall–Kier alpha value is -1.55. The predicted octanol–water partition coefficient (Wildman–Crippen LogP) is 3.63. The highest BCUT2D eigenvalue weighted by Crippen LogP contribution is 2.35. The Morgan fingerprint density at radius 2 is 2.15 bits per heavy atom. The van der Waals surface area contributed by atoms with Crippen LogP contribution in [0.25, 0.3) is 0 Å². The average Bonchev–Trinajstić information content (AvgIpc) is 3.04. The molecule has 0 spiro atoms. The number of carbonyl (C=O) groups is 1. The molecule has 3 nitrogen and oxygen atoms in total. The molecule has 20 heavy (non-hydrogen) atoms. The van der Waals surface area contributed by atoms with Gasteiger partial charge in [-0.05, 0) is 29.7 Å². The zero-order valence-corrected chi connectivity index (χ0v) is 12.8. The van der Waals surface area contributed by atoms with E-state index in [0.717, 1.165) is 18.6 Å². The minimum atomic E-state index is -0.157. The van der Waals surface area contributed by atoms with Gasteiger partial charge in [-0.3, -0.25) is 4.79 Å². The van der Waals surface area contributed by atoms with Crippen molar-refractivity contribution in [1.29, 1.82) is 0 Å². The van der Waals surface area contributed by atoms with E-state index in [0.29, 0.717) is 5.76 Å². The molecule has 104 valence electrons. The van der Waals surface area contributed by atoms with Crippen molar-refractivity contribution in [2.45, 2.75) is 30.6 Å². The van der Waals surface area contributed by atoms with Gasteiger partial charge in [0.05, 0.1) is 6.04 Å². The van der Waals surface area contributed by atoms with E-state index in [1.165, 1.54) is 11.1 Å². The molecule has 4 heteroatoms. The minimum absolute atomic E-state index is 0.00567. The number of amides is 1.